The number of aryl methyl sites for hydroxylation is 1. The number of benzene rings is 2. The zero-order chi connectivity index (χ0) is 27.7. The molecule has 1 aliphatic carbocycles. The van der Waals surface area contributed by atoms with E-state index >= 15 is 0 Å². The molecule has 2 heterocycles. The molecule has 0 spiro atoms. The third-order valence-corrected chi connectivity index (χ3v) is 9.38. The molecular formula is C27H22BrClN6O2S2. The van der Waals surface area contributed by atoms with Crippen LogP contribution in [0.15, 0.2) is 73.9 Å². The number of halogens is 2. The Kier molecular flexibility index (Phi) is 8.09. The first kappa shape index (κ1) is 27.4. The number of carbonyl (C=O) groups excluding carboxylic acids is 2. The normalized spacial score (nSPS) is 17.2. The fourth-order valence-corrected chi connectivity index (χ4v) is 7.08. The molecule has 0 bridgehead atoms. The van der Waals surface area contributed by atoms with E-state index in [1.807, 2.05) is 37.3 Å². The number of aromatic nitrogens is 2. The summed E-state index contributed by atoms with van der Waals surface area (Å²) in [5.41, 5.74) is 10.7. The van der Waals surface area contributed by atoms with Crippen LogP contribution in [0.5, 0.6) is 0 Å². The number of nitrogens with zero attached hydrogens (tertiary/aromatic N) is 4. The molecule has 0 saturated carbocycles. The van der Waals surface area contributed by atoms with Gasteiger partial charge in [0, 0.05) is 27.2 Å². The monoisotopic (exact) mass is 640 g/mol. The first-order valence-corrected chi connectivity index (χ1v) is 15.0. The highest BCUT2D eigenvalue weighted by atomic mass is 79.9. The van der Waals surface area contributed by atoms with Gasteiger partial charge in [0.05, 0.1) is 29.0 Å². The molecule has 1 aliphatic heterocycles. The van der Waals surface area contributed by atoms with Crippen molar-refractivity contribution in [3.8, 4) is 6.07 Å². The quantitative estimate of drug-likeness (QED) is 0.301. The second kappa shape index (κ2) is 11.5. The first-order chi connectivity index (χ1) is 18.8. The van der Waals surface area contributed by atoms with Gasteiger partial charge in [-0.15, -0.1) is 10.2 Å². The summed E-state index contributed by atoms with van der Waals surface area (Å²) >= 11 is 12.1. The third kappa shape index (κ3) is 5.61. The van der Waals surface area contributed by atoms with E-state index in [4.69, 9.17) is 17.3 Å². The lowest BCUT2D eigenvalue weighted by Crippen LogP contribution is -2.38. The topological polar surface area (TPSA) is 125 Å². The van der Waals surface area contributed by atoms with E-state index in [1.54, 1.807) is 17.0 Å². The average molecular weight is 642 g/mol. The van der Waals surface area contributed by atoms with Crippen LogP contribution in [0.1, 0.15) is 36.3 Å². The lowest BCUT2D eigenvalue weighted by atomic mass is 9.76. The standard InChI is InChI=1S/C27H22BrClN6O2S2/c1-14-5-10-19(18(28)11-14)32-22(37)13-38-27-34-33-26(39-27)35-20-3-2-4-21(36)24(20)23(17(12-30)25(35)31)15-6-8-16(29)9-7-15/h5-11,23H,2-4,13,31H2,1H3,(H,32,37). The smallest absolute Gasteiger partial charge is 0.234 e. The Balaban J connectivity index is 1.41. The van der Waals surface area contributed by atoms with Crippen LogP contribution in [0, 0.1) is 18.3 Å². The number of hydrogen-bond donors (Lipinski definition) is 2. The van der Waals surface area contributed by atoms with Crippen LogP contribution < -0.4 is 16.0 Å². The molecule has 1 aromatic heterocycles. The van der Waals surface area contributed by atoms with E-state index in [9.17, 15) is 14.9 Å². The van der Waals surface area contributed by atoms with Gasteiger partial charge in [0.25, 0.3) is 0 Å². The first-order valence-electron chi connectivity index (χ1n) is 12.0. The molecule has 3 N–H and O–H groups in total. The number of ketones is 1. The van der Waals surface area contributed by atoms with E-state index < -0.39 is 5.92 Å². The number of Topliss-reactive ketones (excluding diaryl/α,β-unsaturated/α-hetero) is 1. The molecule has 198 valence electrons. The van der Waals surface area contributed by atoms with E-state index in [1.165, 1.54) is 23.1 Å². The maximum Gasteiger partial charge on any atom is 0.234 e. The fraction of sp³-hybridized carbons (Fsp3) is 0.222. The van der Waals surface area contributed by atoms with Crippen molar-refractivity contribution in [2.75, 3.05) is 16.0 Å². The summed E-state index contributed by atoms with van der Waals surface area (Å²) < 4.78 is 1.38. The molecule has 1 amide bonds. The Morgan fingerprint density at radius 1 is 1.28 bits per heavy atom. The fourth-order valence-electron chi connectivity index (χ4n) is 4.68. The second-order valence-electron chi connectivity index (χ2n) is 9.04. The van der Waals surface area contributed by atoms with Crippen LogP contribution in [0.3, 0.4) is 0 Å². The molecule has 2 aliphatic rings. The summed E-state index contributed by atoms with van der Waals surface area (Å²) in [6, 6.07) is 15.1. The molecule has 1 unspecified atom stereocenters. The van der Waals surface area contributed by atoms with Gasteiger partial charge in [-0.25, -0.2) is 0 Å². The summed E-state index contributed by atoms with van der Waals surface area (Å²) in [5.74, 6) is -0.411. The number of nitrogens with one attached hydrogen (secondary N) is 1. The van der Waals surface area contributed by atoms with Crippen molar-refractivity contribution < 1.29 is 9.59 Å². The van der Waals surface area contributed by atoms with Crippen molar-refractivity contribution in [2.45, 2.75) is 36.4 Å². The van der Waals surface area contributed by atoms with Crippen LogP contribution in [-0.2, 0) is 9.59 Å². The number of thioether (sulfide) groups is 1. The Bertz CT molecular complexity index is 1580. The molecule has 0 radical (unpaired) electrons. The number of anilines is 2. The molecular weight excluding hydrogens is 620 g/mol. The summed E-state index contributed by atoms with van der Waals surface area (Å²) in [4.78, 5) is 27.5. The molecule has 0 fully saturated rings. The van der Waals surface area contributed by atoms with Crippen molar-refractivity contribution in [1.82, 2.24) is 10.2 Å². The van der Waals surface area contributed by atoms with Gasteiger partial charge < -0.3 is 11.1 Å². The van der Waals surface area contributed by atoms with E-state index in [2.05, 4.69) is 37.5 Å². The summed E-state index contributed by atoms with van der Waals surface area (Å²) in [6.45, 7) is 1.98. The molecule has 8 nitrogen and oxygen atoms in total. The van der Waals surface area contributed by atoms with Crippen LogP contribution in [0.4, 0.5) is 10.8 Å². The maximum atomic E-state index is 13.2. The summed E-state index contributed by atoms with van der Waals surface area (Å²) in [7, 11) is 0. The number of carbonyl (C=O) groups is 2. The molecule has 0 saturated heterocycles. The number of rotatable bonds is 6. The Morgan fingerprint density at radius 3 is 2.77 bits per heavy atom. The van der Waals surface area contributed by atoms with Gasteiger partial charge in [-0.3, -0.25) is 14.5 Å². The van der Waals surface area contributed by atoms with Gasteiger partial charge in [0.15, 0.2) is 10.1 Å². The molecule has 12 heteroatoms. The van der Waals surface area contributed by atoms with Crippen molar-refractivity contribution in [3.63, 3.8) is 0 Å². The predicted octanol–water partition coefficient (Wildman–Crippen LogP) is 6.30. The van der Waals surface area contributed by atoms with Gasteiger partial charge in [0.1, 0.15) is 5.82 Å². The molecule has 39 heavy (non-hydrogen) atoms. The zero-order valence-electron chi connectivity index (χ0n) is 20.7. The van der Waals surface area contributed by atoms with Crippen molar-refractivity contribution in [3.05, 3.63) is 85.8 Å². The lowest BCUT2D eigenvalue weighted by molar-refractivity contribution is -0.116. The lowest BCUT2D eigenvalue weighted by Gasteiger charge is -2.38. The predicted molar refractivity (Wildman–Crippen MR) is 158 cm³/mol. The minimum absolute atomic E-state index is 0.0144. The van der Waals surface area contributed by atoms with Crippen LogP contribution >= 0.6 is 50.6 Å². The molecule has 1 atom stereocenters. The Hall–Kier alpha value is -3.17. The number of nitrogens with two attached hydrogens (primary N) is 1. The number of hydrogen-bond acceptors (Lipinski definition) is 9. The minimum Gasteiger partial charge on any atom is -0.384 e. The van der Waals surface area contributed by atoms with Gasteiger partial charge >= 0.3 is 0 Å². The molecule has 3 aromatic rings. The zero-order valence-corrected chi connectivity index (χ0v) is 24.7. The average Bonchev–Trinajstić information content (AvgIpc) is 3.37. The van der Waals surface area contributed by atoms with Gasteiger partial charge in [-0.05, 0) is 71.1 Å². The van der Waals surface area contributed by atoms with Crippen LogP contribution in [-0.4, -0.2) is 27.6 Å². The highest BCUT2D eigenvalue weighted by molar-refractivity contribution is 9.10. The number of nitriles is 1. The van der Waals surface area contributed by atoms with Crippen molar-refractivity contribution >= 4 is 73.1 Å². The highest BCUT2D eigenvalue weighted by Gasteiger charge is 2.41. The van der Waals surface area contributed by atoms with Crippen molar-refractivity contribution in [2.24, 2.45) is 5.73 Å². The van der Waals surface area contributed by atoms with Crippen LogP contribution in [0.2, 0.25) is 5.02 Å². The molecule has 5 rings (SSSR count). The number of allylic oxidation sites excluding steroid dienone is 3. The molecule has 2 aromatic carbocycles. The second-order valence-corrected chi connectivity index (χ2v) is 12.5. The Morgan fingerprint density at radius 2 is 2.05 bits per heavy atom. The maximum absolute atomic E-state index is 13.2. The van der Waals surface area contributed by atoms with E-state index in [-0.39, 0.29) is 28.8 Å². The minimum atomic E-state index is -0.571. The number of amides is 1. The summed E-state index contributed by atoms with van der Waals surface area (Å²) in [6.07, 6.45) is 1.69. The third-order valence-electron chi connectivity index (χ3n) is 6.43. The van der Waals surface area contributed by atoms with Gasteiger partial charge in [0.2, 0.25) is 11.0 Å². The largest absolute Gasteiger partial charge is 0.384 e. The van der Waals surface area contributed by atoms with Gasteiger partial charge in [-0.1, -0.05) is 52.9 Å². The van der Waals surface area contributed by atoms with Crippen LogP contribution in [0.25, 0.3) is 0 Å². The van der Waals surface area contributed by atoms with E-state index in [0.29, 0.717) is 45.0 Å². The van der Waals surface area contributed by atoms with E-state index in [0.717, 1.165) is 21.3 Å². The highest BCUT2D eigenvalue weighted by Crippen LogP contribution is 2.47. The summed E-state index contributed by atoms with van der Waals surface area (Å²) in [5, 5.41) is 22.6. The SMILES string of the molecule is Cc1ccc(NC(=O)CSc2nnc(N3C(N)=C(C#N)C(c4ccc(Cl)cc4)C4=C3CCCC4=O)s2)c(Br)c1. The Labute approximate surface area is 247 Å². The van der Waals surface area contributed by atoms with Crippen molar-refractivity contribution in [1.29, 1.82) is 5.26 Å². The van der Waals surface area contributed by atoms with Gasteiger partial charge in [-0.2, -0.15) is 5.26 Å².